The van der Waals surface area contributed by atoms with Gasteiger partial charge in [-0.05, 0) is 49.7 Å². The van der Waals surface area contributed by atoms with Crippen molar-refractivity contribution < 1.29 is 19.1 Å². The molecule has 1 saturated carbocycles. The number of aliphatic hydroxyl groups is 1. The van der Waals surface area contributed by atoms with Crippen molar-refractivity contribution in [2.24, 2.45) is 11.8 Å². The molecule has 4 nitrogen and oxygen atoms in total. The van der Waals surface area contributed by atoms with E-state index in [0.29, 0.717) is 18.4 Å². The maximum atomic E-state index is 11.9. The topological polar surface area (TPSA) is 38.7 Å². The van der Waals surface area contributed by atoms with Crippen molar-refractivity contribution in [1.82, 2.24) is 0 Å². The van der Waals surface area contributed by atoms with E-state index < -0.39 is 5.60 Å². The van der Waals surface area contributed by atoms with Gasteiger partial charge in [-0.3, -0.25) is 0 Å². The van der Waals surface area contributed by atoms with E-state index in [0.717, 1.165) is 38.0 Å². The van der Waals surface area contributed by atoms with Gasteiger partial charge in [0.25, 0.3) is 0 Å². The number of piperidine rings is 3. The molecule has 0 radical (unpaired) electrons. The highest BCUT2D eigenvalue weighted by Crippen LogP contribution is 2.42. The van der Waals surface area contributed by atoms with Crippen LogP contribution in [0.5, 0.6) is 0 Å². The van der Waals surface area contributed by atoms with Crippen molar-refractivity contribution in [3.8, 4) is 0 Å². The third-order valence-corrected chi connectivity index (χ3v) is 8.57. The van der Waals surface area contributed by atoms with Gasteiger partial charge < -0.3 is 19.1 Å². The van der Waals surface area contributed by atoms with Crippen molar-refractivity contribution in [3.05, 3.63) is 60.9 Å². The van der Waals surface area contributed by atoms with Crippen LogP contribution < -0.4 is 0 Å². The molecule has 1 N–H and O–H groups in total. The summed E-state index contributed by atoms with van der Waals surface area (Å²) in [5.41, 5.74) is 0.182. The van der Waals surface area contributed by atoms with Crippen molar-refractivity contribution >= 4 is 0 Å². The Kier molecular flexibility index (Phi) is 8.67. The Morgan fingerprint density at radius 1 is 1.03 bits per heavy atom. The van der Waals surface area contributed by atoms with Gasteiger partial charge in [0.1, 0.15) is 18.2 Å². The van der Waals surface area contributed by atoms with Gasteiger partial charge >= 0.3 is 0 Å². The fourth-order valence-electron chi connectivity index (χ4n) is 6.51. The first-order valence-corrected chi connectivity index (χ1v) is 13.3. The number of fused-ring (bicyclic) bond motifs is 3. The molecule has 0 aromatic heterocycles. The Bertz CT molecular complexity index is 749. The van der Waals surface area contributed by atoms with Crippen LogP contribution in [0.4, 0.5) is 0 Å². The fourth-order valence-corrected chi connectivity index (χ4v) is 6.51. The number of ether oxygens (including phenoxy) is 2. The molecule has 182 valence electrons. The zero-order chi connectivity index (χ0) is 23.0. The Morgan fingerprint density at radius 2 is 1.79 bits per heavy atom. The van der Waals surface area contributed by atoms with Gasteiger partial charge in [-0.25, -0.2) is 0 Å². The molecule has 3 aliphatic heterocycles. The van der Waals surface area contributed by atoms with Crippen LogP contribution in [-0.4, -0.2) is 55.1 Å². The summed E-state index contributed by atoms with van der Waals surface area (Å²) in [6.45, 7) is 9.86. The number of allylic oxidation sites excluding steroid dienone is 2. The van der Waals surface area contributed by atoms with Crippen molar-refractivity contribution in [3.63, 3.8) is 0 Å². The van der Waals surface area contributed by atoms with Crippen molar-refractivity contribution in [2.75, 3.05) is 39.4 Å². The number of benzene rings is 1. The normalized spacial score (nSPS) is 29.4. The number of hydrogen-bond acceptors (Lipinski definition) is 3. The molecule has 2 atom stereocenters. The lowest BCUT2D eigenvalue weighted by atomic mass is 9.80. The lowest BCUT2D eigenvalue weighted by Gasteiger charge is -2.53. The van der Waals surface area contributed by atoms with Gasteiger partial charge in [0.15, 0.2) is 0 Å². The molecule has 0 unspecified atom stereocenters. The smallest absolute Gasteiger partial charge is 0.116 e. The van der Waals surface area contributed by atoms with E-state index in [-0.39, 0.29) is 6.10 Å². The van der Waals surface area contributed by atoms with Crippen LogP contribution in [0.1, 0.15) is 63.4 Å². The van der Waals surface area contributed by atoms with Crippen LogP contribution in [0.25, 0.3) is 0 Å². The maximum absolute atomic E-state index is 11.9. The number of nitrogens with zero attached hydrogens (tertiary/aromatic N) is 1. The van der Waals surface area contributed by atoms with Gasteiger partial charge in [0.05, 0.1) is 39.1 Å². The summed E-state index contributed by atoms with van der Waals surface area (Å²) in [5.74, 6) is 0.978. The van der Waals surface area contributed by atoms with Gasteiger partial charge in [0, 0.05) is 18.8 Å². The first kappa shape index (κ1) is 24.5. The van der Waals surface area contributed by atoms with E-state index in [1.54, 1.807) is 12.3 Å². The highest BCUT2D eigenvalue weighted by atomic mass is 16.5. The first-order valence-electron chi connectivity index (χ1n) is 13.3. The van der Waals surface area contributed by atoms with Crippen LogP contribution in [0.15, 0.2) is 55.3 Å². The molecule has 3 saturated heterocycles. The van der Waals surface area contributed by atoms with Crippen LogP contribution in [0, 0.1) is 11.8 Å². The van der Waals surface area contributed by atoms with Gasteiger partial charge in [0.2, 0.25) is 0 Å². The summed E-state index contributed by atoms with van der Waals surface area (Å²) < 4.78 is 13.4. The second kappa shape index (κ2) is 11.7. The van der Waals surface area contributed by atoms with E-state index in [1.165, 1.54) is 62.6 Å². The Balaban J connectivity index is 1.30. The highest BCUT2D eigenvalue weighted by molar-refractivity contribution is 5.24. The lowest BCUT2D eigenvalue weighted by Crippen LogP contribution is -2.64. The molecule has 4 fully saturated rings. The minimum absolute atomic E-state index is 0.288. The molecule has 4 heteroatoms. The van der Waals surface area contributed by atoms with E-state index >= 15 is 0 Å². The predicted octanol–water partition coefficient (Wildman–Crippen LogP) is 5.58. The van der Waals surface area contributed by atoms with E-state index in [4.69, 9.17) is 9.47 Å². The monoisotopic (exact) mass is 454 g/mol. The molecule has 4 aliphatic rings. The average molecular weight is 455 g/mol. The zero-order valence-electron chi connectivity index (χ0n) is 20.4. The second-order valence-corrected chi connectivity index (χ2v) is 10.6. The maximum Gasteiger partial charge on any atom is 0.116 e. The second-order valence-electron chi connectivity index (χ2n) is 10.6. The highest BCUT2D eigenvalue weighted by Gasteiger charge is 2.48. The summed E-state index contributed by atoms with van der Waals surface area (Å²) in [6.07, 6.45) is 16.4. The van der Waals surface area contributed by atoms with Gasteiger partial charge in [-0.15, -0.1) is 0 Å². The molecule has 33 heavy (non-hydrogen) atoms. The molecule has 1 aromatic rings. The molecule has 1 aliphatic carbocycles. The summed E-state index contributed by atoms with van der Waals surface area (Å²) in [7, 11) is 0. The number of hydrogen-bond donors (Lipinski definition) is 1. The quantitative estimate of drug-likeness (QED) is 0.183. The summed E-state index contributed by atoms with van der Waals surface area (Å²) in [6, 6.07) is 10.3. The molecule has 5 rings (SSSR count). The van der Waals surface area contributed by atoms with E-state index in [1.807, 2.05) is 24.3 Å². The molecule has 1 aromatic carbocycles. The third-order valence-electron chi connectivity index (χ3n) is 8.57. The largest absolute Gasteiger partial charge is 0.501 e. The predicted molar refractivity (Wildman–Crippen MR) is 134 cm³/mol. The standard InChI is InChI=1S/C29H44NO3/c1-2-3-21-32-22-11-5-10-18-30-19-16-25(17-20-30)28(23-30)33-24-29(31,27-14-8-9-15-27)26-12-6-4-7-13-26/h2-4,6-7,12-13,21,25,27-28,31H,1,5,8-11,14-20,22-24H2/q+1/b21-3+/t25?,28-,29+,30?/m0/s1. The van der Waals surface area contributed by atoms with Crippen LogP contribution in [0.2, 0.25) is 0 Å². The van der Waals surface area contributed by atoms with Crippen LogP contribution in [-0.2, 0) is 15.1 Å². The zero-order valence-corrected chi connectivity index (χ0v) is 20.4. The summed E-state index contributed by atoms with van der Waals surface area (Å²) in [5, 5.41) is 11.9. The first-order chi connectivity index (χ1) is 16.2. The number of quaternary nitrogens is 1. The Hall–Kier alpha value is -1.62. The van der Waals surface area contributed by atoms with Crippen molar-refractivity contribution in [2.45, 2.75) is 69.5 Å². The fraction of sp³-hybridized carbons (Fsp3) is 0.655. The summed E-state index contributed by atoms with van der Waals surface area (Å²) in [4.78, 5) is 0. The van der Waals surface area contributed by atoms with E-state index in [2.05, 4.69) is 18.7 Å². The van der Waals surface area contributed by atoms with Crippen LogP contribution in [0.3, 0.4) is 0 Å². The molecule has 2 bridgehead atoms. The third kappa shape index (κ3) is 6.09. The molecular weight excluding hydrogens is 410 g/mol. The van der Waals surface area contributed by atoms with Gasteiger partial charge in [-0.1, -0.05) is 55.8 Å². The Morgan fingerprint density at radius 3 is 2.52 bits per heavy atom. The molecule has 0 amide bonds. The number of unbranched alkanes of at least 4 members (excludes halogenated alkanes) is 2. The minimum atomic E-state index is -0.853. The van der Waals surface area contributed by atoms with Crippen LogP contribution >= 0.6 is 0 Å². The SMILES string of the molecule is C=C/C=C/OCCCCC[N+]12CCC(CC1)[C@@H](OC[C@@](O)(c1ccccc1)C1CCCC1)C2. The Labute approximate surface area is 200 Å². The summed E-state index contributed by atoms with van der Waals surface area (Å²) >= 11 is 0. The molecular formula is C29H44NO3+. The van der Waals surface area contributed by atoms with Crippen molar-refractivity contribution in [1.29, 1.82) is 0 Å². The minimum Gasteiger partial charge on any atom is -0.501 e. The van der Waals surface area contributed by atoms with Gasteiger partial charge in [-0.2, -0.15) is 0 Å². The van der Waals surface area contributed by atoms with E-state index in [9.17, 15) is 5.11 Å². The average Bonchev–Trinajstić information content (AvgIpc) is 3.41. The lowest BCUT2D eigenvalue weighted by molar-refractivity contribution is -0.946. The number of rotatable bonds is 13. The molecule has 0 spiro atoms. The molecule has 3 heterocycles.